The Balaban J connectivity index is 1.29. The van der Waals surface area contributed by atoms with Crippen LogP contribution < -0.4 is 10.6 Å². The molecule has 0 atom stereocenters. The van der Waals surface area contributed by atoms with E-state index in [1.54, 1.807) is 18.3 Å². The number of anilines is 1. The second-order valence-electron chi connectivity index (χ2n) is 6.66. The number of benzene rings is 2. The zero-order valence-corrected chi connectivity index (χ0v) is 15.5. The largest absolute Gasteiger partial charge is 0.338 e. The van der Waals surface area contributed by atoms with E-state index in [0.717, 1.165) is 21.9 Å². The first kappa shape index (κ1) is 19.1. The molecule has 1 aromatic heterocycles. The van der Waals surface area contributed by atoms with Crippen LogP contribution in [0.3, 0.4) is 0 Å². The highest BCUT2D eigenvalue weighted by molar-refractivity contribution is 6.21. The molecule has 0 aliphatic carbocycles. The molecule has 0 saturated carbocycles. The Morgan fingerprint density at radius 1 is 1.13 bits per heavy atom. The number of urea groups is 1. The van der Waals surface area contributed by atoms with Gasteiger partial charge in [0.2, 0.25) is 0 Å². The summed E-state index contributed by atoms with van der Waals surface area (Å²) in [6.45, 7) is 0.312. The third-order valence-corrected chi connectivity index (χ3v) is 4.71. The summed E-state index contributed by atoms with van der Waals surface area (Å²) >= 11 is 0. The summed E-state index contributed by atoms with van der Waals surface area (Å²) in [5.74, 6) is -1.07. The average molecular weight is 408 g/mol. The zero-order chi connectivity index (χ0) is 21.3. The highest BCUT2D eigenvalue weighted by Crippen LogP contribution is 2.26. The van der Waals surface area contributed by atoms with E-state index in [2.05, 4.69) is 20.8 Å². The standard InChI is InChI=1S/C19H16N6O5/c26-17-14-5-4-13(25(29)30)9-15(14)18(27)24(17)7-1-6-20-19(28)22-12-3-2-11-10-21-23-16(11)8-12/h2-5,8-10H,1,6-7H2,(H,21,23)(H2,20,22,28). The van der Waals surface area contributed by atoms with Gasteiger partial charge in [0, 0.05) is 36.3 Å². The van der Waals surface area contributed by atoms with Gasteiger partial charge in [0.05, 0.1) is 27.8 Å². The number of H-pyrrole nitrogens is 1. The number of fused-ring (bicyclic) bond motifs is 2. The molecule has 0 saturated heterocycles. The molecule has 0 bridgehead atoms. The number of aromatic amines is 1. The number of amides is 4. The Labute approximate surface area is 169 Å². The molecule has 152 valence electrons. The number of aromatic nitrogens is 2. The van der Waals surface area contributed by atoms with Crippen LogP contribution in [0.4, 0.5) is 16.2 Å². The minimum atomic E-state index is -0.618. The number of non-ortho nitro benzene ring substituents is 1. The molecule has 4 amide bonds. The van der Waals surface area contributed by atoms with E-state index in [9.17, 15) is 24.5 Å². The smallest absolute Gasteiger partial charge is 0.319 e. The number of nitrogens with one attached hydrogen (secondary N) is 3. The van der Waals surface area contributed by atoms with E-state index in [1.807, 2.05) is 6.07 Å². The lowest BCUT2D eigenvalue weighted by Crippen LogP contribution is -2.35. The Hall–Kier alpha value is -4.28. The molecule has 11 heteroatoms. The zero-order valence-electron chi connectivity index (χ0n) is 15.5. The van der Waals surface area contributed by atoms with Gasteiger partial charge in [-0.25, -0.2) is 4.79 Å². The van der Waals surface area contributed by atoms with Crippen molar-refractivity contribution in [2.24, 2.45) is 0 Å². The maximum absolute atomic E-state index is 12.4. The molecule has 0 spiro atoms. The number of hydrogen-bond donors (Lipinski definition) is 3. The molecule has 2 heterocycles. The summed E-state index contributed by atoms with van der Waals surface area (Å²) < 4.78 is 0. The van der Waals surface area contributed by atoms with Crippen molar-refractivity contribution in [3.05, 3.63) is 63.8 Å². The van der Waals surface area contributed by atoms with E-state index in [1.165, 1.54) is 12.1 Å². The second-order valence-corrected chi connectivity index (χ2v) is 6.66. The number of hydrogen-bond acceptors (Lipinski definition) is 6. The first-order valence-corrected chi connectivity index (χ1v) is 9.06. The van der Waals surface area contributed by atoms with Gasteiger partial charge in [-0.3, -0.25) is 29.7 Å². The maximum atomic E-state index is 12.4. The number of nitro groups is 1. The van der Waals surface area contributed by atoms with Crippen molar-refractivity contribution in [1.29, 1.82) is 0 Å². The van der Waals surface area contributed by atoms with Crippen molar-refractivity contribution in [3.63, 3.8) is 0 Å². The van der Waals surface area contributed by atoms with Gasteiger partial charge in [-0.15, -0.1) is 0 Å². The van der Waals surface area contributed by atoms with Gasteiger partial charge in [0.25, 0.3) is 17.5 Å². The number of carbonyl (C=O) groups is 3. The van der Waals surface area contributed by atoms with Crippen LogP contribution >= 0.6 is 0 Å². The van der Waals surface area contributed by atoms with E-state index < -0.39 is 22.8 Å². The third kappa shape index (κ3) is 3.55. The summed E-state index contributed by atoms with van der Waals surface area (Å²) in [6.07, 6.45) is 2.01. The topological polar surface area (TPSA) is 150 Å². The van der Waals surface area contributed by atoms with Crippen molar-refractivity contribution in [3.8, 4) is 0 Å². The van der Waals surface area contributed by atoms with E-state index in [-0.39, 0.29) is 29.9 Å². The van der Waals surface area contributed by atoms with Crippen molar-refractivity contribution in [2.75, 3.05) is 18.4 Å². The molecule has 30 heavy (non-hydrogen) atoms. The molecule has 2 aromatic carbocycles. The van der Waals surface area contributed by atoms with Crippen LogP contribution in [-0.2, 0) is 0 Å². The summed E-state index contributed by atoms with van der Waals surface area (Å²) in [7, 11) is 0. The Morgan fingerprint density at radius 3 is 2.73 bits per heavy atom. The van der Waals surface area contributed by atoms with Gasteiger partial charge in [-0.2, -0.15) is 5.10 Å². The molecule has 1 aliphatic rings. The molecular formula is C19H16N6O5. The minimum Gasteiger partial charge on any atom is -0.338 e. The summed E-state index contributed by atoms with van der Waals surface area (Å²) in [6, 6.07) is 8.48. The quantitative estimate of drug-likeness (QED) is 0.246. The van der Waals surface area contributed by atoms with Crippen LogP contribution in [0.5, 0.6) is 0 Å². The number of nitro benzene ring substituents is 1. The average Bonchev–Trinajstić information content (AvgIpc) is 3.28. The van der Waals surface area contributed by atoms with Crippen LogP contribution in [-0.4, -0.2) is 51.0 Å². The van der Waals surface area contributed by atoms with Crippen molar-refractivity contribution in [2.45, 2.75) is 6.42 Å². The lowest BCUT2D eigenvalue weighted by Gasteiger charge is -2.14. The third-order valence-electron chi connectivity index (χ3n) is 4.71. The molecule has 11 nitrogen and oxygen atoms in total. The first-order chi connectivity index (χ1) is 14.4. The number of nitrogens with zero attached hydrogens (tertiary/aromatic N) is 3. The Morgan fingerprint density at radius 2 is 1.93 bits per heavy atom. The molecule has 0 fully saturated rings. The van der Waals surface area contributed by atoms with Crippen LogP contribution in [0.1, 0.15) is 27.1 Å². The number of rotatable bonds is 6. The monoisotopic (exact) mass is 408 g/mol. The van der Waals surface area contributed by atoms with Crippen molar-refractivity contribution in [1.82, 2.24) is 20.4 Å². The highest BCUT2D eigenvalue weighted by atomic mass is 16.6. The molecule has 0 radical (unpaired) electrons. The highest BCUT2D eigenvalue weighted by Gasteiger charge is 2.36. The Bertz CT molecular complexity index is 1190. The maximum Gasteiger partial charge on any atom is 0.319 e. The molecule has 3 aromatic rings. The molecule has 4 rings (SSSR count). The van der Waals surface area contributed by atoms with Crippen LogP contribution in [0.2, 0.25) is 0 Å². The van der Waals surface area contributed by atoms with Gasteiger partial charge in [0.1, 0.15) is 0 Å². The van der Waals surface area contributed by atoms with E-state index in [4.69, 9.17) is 0 Å². The summed E-state index contributed by atoms with van der Waals surface area (Å²) in [5, 5.41) is 23.9. The van der Waals surface area contributed by atoms with Crippen LogP contribution in [0.25, 0.3) is 10.9 Å². The van der Waals surface area contributed by atoms with Gasteiger partial charge in [-0.05, 0) is 30.7 Å². The fraction of sp³-hybridized carbons (Fsp3) is 0.158. The lowest BCUT2D eigenvalue weighted by molar-refractivity contribution is -0.384. The SMILES string of the molecule is O=C(NCCCN1C(=O)c2ccc([N+](=O)[O-])cc2C1=O)Nc1ccc2cn[nH]c2c1. The first-order valence-electron chi connectivity index (χ1n) is 9.06. The van der Waals surface area contributed by atoms with E-state index >= 15 is 0 Å². The fourth-order valence-corrected chi connectivity index (χ4v) is 3.22. The summed E-state index contributed by atoms with van der Waals surface area (Å²) in [5.41, 5.74) is 1.30. The Kier molecular flexibility index (Phi) is 4.84. The van der Waals surface area contributed by atoms with Gasteiger partial charge < -0.3 is 10.6 Å². The minimum absolute atomic E-state index is 0.0223. The van der Waals surface area contributed by atoms with E-state index in [0.29, 0.717) is 12.1 Å². The molecular weight excluding hydrogens is 392 g/mol. The van der Waals surface area contributed by atoms with Gasteiger partial charge >= 0.3 is 6.03 Å². The van der Waals surface area contributed by atoms with Gasteiger partial charge in [-0.1, -0.05) is 0 Å². The van der Waals surface area contributed by atoms with Crippen molar-refractivity contribution >= 4 is 40.1 Å². The molecule has 0 unspecified atom stereocenters. The predicted octanol–water partition coefficient (Wildman–Crippen LogP) is 2.28. The normalized spacial score (nSPS) is 12.9. The van der Waals surface area contributed by atoms with Crippen molar-refractivity contribution < 1.29 is 19.3 Å². The predicted molar refractivity (Wildman–Crippen MR) is 106 cm³/mol. The molecule has 3 N–H and O–H groups in total. The number of carbonyl (C=O) groups excluding carboxylic acids is 3. The second kappa shape index (κ2) is 7.62. The van der Waals surface area contributed by atoms with Crippen LogP contribution in [0.15, 0.2) is 42.6 Å². The fourth-order valence-electron chi connectivity index (χ4n) is 3.22. The number of imide groups is 1. The van der Waals surface area contributed by atoms with Crippen LogP contribution in [0, 0.1) is 10.1 Å². The molecule has 1 aliphatic heterocycles. The lowest BCUT2D eigenvalue weighted by atomic mass is 10.1. The summed E-state index contributed by atoms with van der Waals surface area (Å²) in [4.78, 5) is 48.1. The van der Waals surface area contributed by atoms with Gasteiger partial charge in [0.15, 0.2) is 0 Å².